The summed E-state index contributed by atoms with van der Waals surface area (Å²) < 4.78 is 12.6. The molecule has 0 radical (unpaired) electrons. The van der Waals surface area contributed by atoms with Crippen LogP contribution in [0.2, 0.25) is 0 Å². The van der Waals surface area contributed by atoms with Crippen molar-refractivity contribution < 1.29 is 8.83 Å². The van der Waals surface area contributed by atoms with Gasteiger partial charge in [-0.1, -0.05) is 17.3 Å². The number of rotatable bonds is 4. The minimum Gasteiger partial charge on any atom is -0.472 e. The molecule has 4 rings (SSSR count). The van der Waals surface area contributed by atoms with Gasteiger partial charge in [-0.25, -0.2) is 4.68 Å². The number of nitriles is 1. The van der Waals surface area contributed by atoms with E-state index in [1.165, 1.54) is 0 Å². The number of furan rings is 2. The third-order valence-electron chi connectivity index (χ3n) is 3.63. The van der Waals surface area contributed by atoms with Crippen molar-refractivity contribution in [3.05, 3.63) is 72.3 Å². The molecular formula is C18H12N4O2. The zero-order chi connectivity index (χ0) is 16.4. The Morgan fingerprint density at radius 1 is 1.08 bits per heavy atom. The minimum atomic E-state index is 0.571. The summed E-state index contributed by atoms with van der Waals surface area (Å²) in [7, 11) is 0. The van der Waals surface area contributed by atoms with Gasteiger partial charge in [0.2, 0.25) is 0 Å². The molecule has 6 heteroatoms. The van der Waals surface area contributed by atoms with Crippen LogP contribution in [0.5, 0.6) is 0 Å². The summed E-state index contributed by atoms with van der Waals surface area (Å²) >= 11 is 0. The summed E-state index contributed by atoms with van der Waals surface area (Å²) in [5, 5.41) is 17.4. The van der Waals surface area contributed by atoms with Crippen molar-refractivity contribution in [2.24, 2.45) is 0 Å². The van der Waals surface area contributed by atoms with Gasteiger partial charge in [-0.3, -0.25) is 0 Å². The van der Waals surface area contributed by atoms with Crippen molar-refractivity contribution in [1.82, 2.24) is 15.0 Å². The van der Waals surface area contributed by atoms with E-state index in [-0.39, 0.29) is 0 Å². The molecule has 0 spiro atoms. The van der Waals surface area contributed by atoms with Gasteiger partial charge in [0.25, 0.3) is 0 Å². The van der Waals surface area contributed by atoms with E-state index in [2.05, 4.69) is 16.4 Å². The van der Waals surface area contributed by atoms with E-state index in [4.69, 9.17) is 8.83 Å². The van der Waals surface area contributed by atoms with Crippen LogP contribution in [-0.4, -0.2) is 15.0 Å². The molecule has 0 aliphatic carbocycles. The molecule has 3 heterocycles. The van der Waals surface area contributed by atoms with Crippen LogP contribution >= 0.6 is 0 Å². The standard InChI is InChI=1S/C18H12N4O2/c19-9-14-3-1-2-4-15(14)17-5-6-18(24-17)16-11-22(21-20-16)10-13-7-8-23-12-13/h1-8,11-12H,10H2. The van der Waals surface area contributed by atoms with Crippen LogP contribution in [0, 0.1) is 11.3 Å². The summed E-state index contributed by atoms with van der Waals surface area (Å²) in [5.41, 5.74) is 2.98. The molecule has 0 bridgehead atoms. The van der Waals surface area contributed by atoms with Crippen molar-refractivity contribution >= 4 is 0 Å². The van der Waals surface area contributed by atoms with E-state index in [0.717, 1.165) is 11.1 Å². The fraction of sp³-hybridized carbons (Fsp3) is 0.0556. The van der Waals surface area contributed by atoms with Gasteiger partial charge in [-0.15, -0.1) is 5.10 Å². The maximum Gasteiger partial charge on any atom is 0.156 e. The maximum absolute atomic E-state index is 9.20. The maximum atomic E-state index is 9.20. The fourth-order valence-corrected chi connectivity index (χ4v) is 2.47. The first-order valence-electron chi connectivity index (χ1n) is 7.34. The molecule has 0 aliphatic rings. The van der Waals surface area contributed by atoms with Gasteiger partial charge in [0.05, 0.1) is 36.9 Å². The average molecular weight is 316 g/mol. The van der Waals surface area contributed by atoms with Gasteiger partial charge in [-0.05, 0) is 30.3 Å². The van der Waals surface area contributed by atoms with E-state index in [1.54, 1.807) is 23.3 Å². The average Bonchev–Trinajstić information content (AvgIpc) is 3.36. The highest BCUT2D eigenvalue weighted by Crippen LogP contribution is 2.29. The Bertz CT molecular complexity index is 1010. The zero-order valence-electron chi connectivity index (χ0n) is 12.6. The van der Waals surface area contributed by atoms with Crippen LogP contribution in [0.4, 0.5) is 0 Å². The number of hydrogen-bond donors (Lipinski definition) is 0. The Morgan fingerprint density at radius 2 is 1.96 bits per heavy atom. The second kappa shape index (κ2) is 5.89. The molecule has 0 saturated carbocycles. The molecule has 0 atom stereocenters. The van der Waals surface area contributed by atoms with Gasteiger partial charge < -0.3 is 8.83 Å². The molecule has 0 aliphatic heterocycles. The number of aromatic nitrogens is 3. The van der Waals surface area contributed by atoms with Gasteiger partial charge >= 0.3 is 0 Å². The summed E-state index contributed by atoms with van der Waals surface area (Å²) in [5.74, 6) is 1.24. The molecule has 0 saturated heterocycles. The largest absolute Gasteiger partial charge is 0.472 e. The predicted octanol–water partition coefficient (Wildman–Crippen LogP) is 3.72. The van der Waals surface area contributed by atoms with Crippen LogP contribution in [0.15, 0.2) is 70.0 Å². The van der Waals surface area contributed by atoms with Crippen LogP contribution < -0.4 is 0 Å². The quantitative estimate of drug-likeness (QED) is 0.573. The van der Waals surface area contributed by atoms with Gasteiger partial charge in [0.15, 0.2) is 5.76 Å². The Morgan fingerprint density at radius 3 is 2.79 bits per heavy atom. The van der Waals surface area contributed by atoms with E-state index in [9.17, 15) is 5.26 Å². The van der Waals surface area contributed by atoms with Gasteiger partial charge in [-0.2, -0.15) is 5.26 Å². The lowest BCUT2D eigenvalue weighted by Crippen LogP contribution is -1.98. The fourth-order valence-electron chi connectivity index (χ4n) is 2.47. The molecule has 0 amide bonds. The van der Waals surface area contributed by atoms with Crippen molar-refractivity contribution in [1.29, 1.82) is 5.26 Å². The Kier molecular flexibility index (Phi) is 3.45. The first-order chi connectivity index (χ1) is 11.8. The molecule has 24 heavy (non-hydrogen) atoms. The van der Waals surface area contributed by atoms with E-state index >= 15 is 0 Å². The van der Waals surface area contributed by atoms with Crippen molar-refractivity contribution in [2.75, 3.05) is 0 Å². The lowest BCUT2D eigenvalue weighted by Gasteiger charge is -1.99. The number of benzene rings is 1. The second-order valence-corrected chi connectivity index (χ2v) is 5.25. The molecule has 4 aromatic rings. The lowest BCUT2D eigenvalue weighted by molar-refractivity contribution is 0.558. The highest BCUT2D eigenvalue weighted by molar-refractivity contribution is 5.68. The highest BCUT2D eigenvalue weighted by Gasteiger charge is 2.13. The number of nitrogens with zero attached hydrogens (tertiary/aromatic N) is 4. The molecule has 116 valence electrons. The summed E-state index contributed by atoms with van der Waals surface area (Å²) in [6, 6.07) is 15.0. The third-order valence-corrected chi connectivity index (χ3v) is 3.63. The van der Waals surface area contributed by atoms with E-state index < -0.39 is 0 Å². The first kappa shape index (κ1) is 14.0. The molecule has 6 nitrogen and oxygen atoms in total. The van der Waals surface area contributed by atoms with E-state index in [1.807, 2.05) is 42.6 Å². The summed E-state index contributed by atoms with van der Waals surface area (Å²) in [4.78, 5) is 0. The molecule has 0 unspecified atom stereocenters. The zero-order valence-corrected chi connectivity index (χ0v) is 12.6. The van der Waals surface area contributed by atoms with E-state index in [0.29, 0.717) is 29.3 Å². The Balaban J connectivity index is 1.61. The topological polar surface area (TPSA) is 80.8 Å². The highest BCUT2D eigenvalue weighted by atomic mass is 16.3. The van der Waals surface area contributed by atoms with Crippen LogP contribution in [-0.2, 0) is 6.54 Å². The SMILES string of the molecule is N#Cc1ccccc1-c1ccc(-c2cn(Cc3ccoc3)nn2)o1. The summed E-state index contributed by atoms with van der Waals surface area (Å²) in [6.45, 7) is 0.578. The smallest absolute Gasteiger partial charge is 0.156 e. The van der Waals surface area contributed by atoms with Crippen LogP contribution in [0.1, 0.15) is 11.1 Å². The van der Waals surface area contributed by atoms with Gasteiger partial charge in [0.1, 0.15) is 11.5 Å². The minimum absolute atomic E-state index is 0.571. The normalized spacial score (nSPS) is 10.6. The number of hydrogen-bond acceptors (Lipinski definition) is 5. The molecule has 3 aromatic heterocycles. The molecule has 0 N–H and O–H groups in total. The predicted molar refractivity (Wildman–Crippen MR) is 85.7 cm³/mol. The van der Waals surface area contributed by atoms with Crippen molar-refractivity contribution in [2.45, 2.75) is 6.54 Å². The monoisotopic (exact) mass is 316 g/mol. The second-order valence-electron chi connectivity index (χ2n) is 5.25. The third kappa shape index (κ3) is 2.59. The Hall–Kier alpha value is -3.59. The molecule has 1 aromatic carbocycles. The molecule has 0 fully saturated rings. The van der Waals surface area contributed by atoms with Crippen molar-refractivity contribution in [3.63, 3.8) is 0 Å². The first-order valence-corrected chi connectivity index (χ1v) is 7.34. The van der Waals surface area contributed by atoms with Crippen molar-refractivity contribution in [3.8, 4) is 28.8 Å². The van der Waals surface area contributed by atoms with Crippen LogP contribution in [0.25, 0.3) is 22.8 Å². The summed E-state index contributed by atoms with van der Waals surface area (Å²) in [6.07, 6.45) is 5.11. The van der Waals surface area contributed by atoms with Gasteiger partial charge in [0, 0.05) is 11.1 Å². The van der Waals surface area contributed by atoms with Crippen LogP contribution in [0.3, 0.4) is 0 Å². The molecular weight excluding hydrogens is 304 g/mol. The Labute approximate surface area is 137 Å². The lowest BCUT2D eigenvalue weighted by atomic mass is 10.1.